The Morgan fingerprint density at radius 1 is 0.909 bits per heavy atom. The van der Waals surface area contributed by atoms with Gasteiger partial charge in [-0.3, -0.25) is 0 Å². The molecule has 2 rings (SSSR count). The Morgan fingerprint density at radius 3 is 1.86 bits per heavy atom. The van der Waals surface area contributed by atoms with Gasteiger partial charge in [0.15, 0.2) is 6.23 Å². The molecule has 1 fully saturated rings. The second kappa shape index (κ2) is 5.78. The van der Waals surface area contributed by atoms with Crippen molar-refractivity contribution < 1.29 is 25.2 Å². The van der Waals surface area contributed by atoms with Crippen molar-refractivity contribution in [1.29, 1.82) is 0 Å². The highest BCUT2D eigenvalue weighted by atomic mass is 16.6. The van der Waals surface area contributed by atoms with Gasteiger partial charge in [-0.2, -0.15) is 0 Å². The van der Waals surface area contributed by atoms with Crippen molar-refractivity contribution in [3.05, 3.63) is 31.5 Å². The van der Waals surface area contributed by atoms with Crippen LogP contribution in [0.2, 0.25) is 0 Å². The minimum atomic E-state index is -1.80. The minimum absolute atomic E-state index is 0.448. The maximum Gasteiger partial charge on any atom is 0.338 e. The molecule has 0 aliphatic carbocycles. The lowest BCUT2D eigenvalue weighted by molar-refractivity contribution is -0.253. The van der Waals surface area contributed by atoms with Crippen LogP contribution < -0.4 is 17.1 Å². The molecule has 1 aromatic rings. The van der Waals surface area contributed by atoms with Crippen LogP contribution in [-0.4, -0.2) is 65.2 Å². The summed E-state index contributed by atoms with van der Waals surface area (Å²) in [6, 6.07) is 0. The van der Waals surface area contributed by atoms with E-state index >= 15 is 0 Å². The fourth-order valence-electron chi connectivity index (χ4n) is 2.31. The molecule has 0 aromatic carbocycles. The third-order valence-corrected chi connectivity index (χ3v) is 3.68. The Morgan fingerprint density at radius 2 is 1.41 bits per heavy atom. The van der Waals surface area contributed by atoms with E-state index in [1.54, 1.807) is 0 Å². The molecule has 1 aliphatic heterocycles. The third kappa shape index (κ3) is 2.32. The molecule has 0 bridgehead atoms. The van der Waals surface area contributed by atoms with E-state index in [9.17, 15) is 29.7 Å². The summed E-state index contributed by atoms with van der Waals surface area (Å²) in [5, 5.41) is 38.5. The molecular formula is C11H17N3O8. The molecule has 0 spiro atoms. The highest BCUT2D eigenvalue weighted by Crippen LogP contribution is 2.26. The molecule has 4 N–H and O–H groups in total. The summed E-state index contributed by atoms with van der Waals surface area (Å²) in [6.07, 6.45) is -8.11. The van der Waals surface area contributed by atoms with Crippen LogP contribution in [0.15, 0.2) is 14.4 Å². The summed E-state index contributed by atoms with van der Waals surface area (Å²) >= 11 is 0. The molecular weight excluding hydrogens is 302 g/mol. The fourth-order valence-corrected chi connectivity index (χ4v) is 2.31. The molecule has 0 radical (unpaired) electrons. The van der Waals surface area contributed by atoms with Gasteiger partial charge in [0.2, 0.25) is 0 Å². The monoisotopic (exact) mass is 319 g/mol. The average molecular weight is 319 g/mol. The summed E-state index contributed by atoms with van der Waals surface area (Å²) in [5.74, 6) is 0. The Kier molecular flexibility index (Phi) is 4.35. The Bertz CT molecular complexity index is 692. The predicted molar refractivity (Wildman–Crippen MR) is 70.2 cm³/mol. The van der Waals surface area contributed by atoms with Crippen molar-refractivity contribution in [3.63, 3.8) is 0 Å². The molecule has 1 aliphatic rings. The highest BCUT2D eigenvalue weighted by Gasteiger charge is 2.45. The predicted octanol–water partition coefficient (Wildman–Crippen LogP) is -4.78. The van der Waals surface area contributed by atoms with Crippen molar-refractivity contribution in [2.24, 2.45) is 14.1 Å². The van der Waals surface area contributed by atoms with Crippen LogP contribution >= 0.6 is 0 Å². The molecule has 5 atom stereocenters. The van der Waals surface area contributed by atoms with Gasteiger partial charge < -0.3 is 25.2 Å². The topological polar surface area (TPSA) is 156 Å². The molecule has 0 saturated carbocycles. The van der Waals surface area contributed by atoms with Gasteiger partial charge in [0, 0.05) is 14.1 Å². The second-order valence-corrected chi connectivity index (χ2v) is 5.06. The molecule has 1 saturated heterocycles. The van der Waals surface area contributed by atoms with E-state index in [0.717, 1.165) is 14.1 Å². The standard InChI is InChI=1S/C11H17N3O8/c1-12-9(19)13(2)11(21)14(10(12)20)8-7(18)6(17)5(16)4(3-15)22-8/h4-8,15-18H,3H2,1-2H3/t4-,5-,6+,7+,8+/m1/s1. The first-order chi connectivity index (χ1) is 10.2. The van der Waals surface area contributed by atoms with Crippen molar-refractivity contribution >= 4 is 0 Å². The zero-order chi connectivity index (χ0) is 16.8. The second-order valence-electron chi connectivity index (χ2n) is 5.06. The molecule has 124 valence electrons. The van der Waals surface area contributed by atoms with Crippen LogP contribution in [0.4, 0.5) is 0 Å². The number of aliphatic hydroxyl groups excluding tert-OH is 4. The van der Waals surface area contributed by atoms with Crippen LogP contribution in [0.5, 0.6) is 0 Å². The zero-order valence-corrected chi connectivity index (χ0v) is 11.9. The molecule has 0 amide bonds. The first kappa shape index (κ1) is 16.6. The Labute approximate surface area is 122 Å². The van der Waals surface area contributed by atoms with Crippen molar-refractivity contribution in [2.45, 2.75) is 30.6 Å². The molecule has 0 unspecified atom stereocenters. The van der Waals surface area contributed by atoms with E-state index in [0.29, 0.717) is 13.7 Å². The van der Waals surface area contributed by atoms with E-state index in [4.69, 9.17) is 9.84 Å². The first-order valence-electron chi connectivity index (χ1n) is 6.41. The van der Waals surface area contributed by atoms with Crippen LogP contribution in [-0.2, 0) is 18.8 Å². The fraction of sp³-hybridized carbons (Fsp3) is 0.727. The normalized spacial score (nSPS) is 32.2. The van der Waals surface area contributed by atoms with E-state index in [1.807, 2.05) is 0 Å². The first-order valence-corrected chi connectivity index (χ1v) is 6.41. The molecule has 22 heavy (non-hydrogen) atoms. The number of nitrogens with zero attached hydrogens (tertiary/aromatic N) is 3. The smallest absolute Gasteiger partial charge is 0.338 e. The van der Waals surface area contributed by atoms with Crippen molar-refractivity contribution in [3.8, 4) is 0 Å². The van der Waals surface area contributed by atoms with Gasteiger partial charge in [0.25, 0.3) is 0 Å². The number of ether oxygens (including phenoxy) is 1. The molecule has 11 nitrogen and oxygen atoms in total. The number of hydrogen-bond donors (Lipinski definition) is 4. The number of aromatic nitrogens is 3. The largest absolute Gasteiger partial charge is 0.394 e. The summed E-state index contributed by atoms with van der Waals surface area (Å²) in [6.45, 7) is -0.706. The molecule has 11 heteroatoms. The lowest BCUT2D eigenvalue weighted by atomic mass is 9.98. The molecule has 1 aromatic heterocycles. The number of hydrogen-bond acceptors (Lipinski definition) is 8. The number of rotatable bonds is 2. The number of aliphatic hydroxyl groups is 4. The Hall–Kier alpha value is -1.79. The van der Waals surface area contributed by atoms with Gasteiger partial charge in [-0.15, -0.1) is 0 Å². The van der Waals surface area contributed by atoms with Crippen LogP contribution in [0.1, 0.15) is 6.23 Å². The maximum absolute atomic E-state index is 12.1. The van der Waals surface area contributed by atoms with E-state index in [-0.39, 0.29) is 0 Å². The third-order valence-electron chi connectivity index (χ3n) is 3.68. The van der Waals surface area contributed by atoms with E-state index in [1.165, 1.54) is 0 Å². The van der Waals surface area contributed by atoms with Crippen molar-refractivity contribution in [2.75, 3.05) is 6.61 Å². The van der Waals surface area contributed by atoms with Gasteiger partial charge in [-0.1, -0.05) is 0 Å². The SMILES string of the molecule is Cn1c(=O)n(C)c(=O)n([C@H]2O[C@H](CO)[C@@H](O)[C@H](O)[C@@H]2O)c1=O. The quantitative estimate of drug-likeness (QED) is 0.423. The minimum Gasteiger partial charge on any atom is -0.394 e. The zero-order valence-electron chi connectivity index (χ0n) is 11.9. The maximum atomic E-state index is 12.1. The molecule has 2 heterocycles. The van der Waals surface area contributed by atoms with Crippen LogP contribution in [0.25, 0.3) is 0 Å². The Balaban J connectivity index is 2.64. The van der Waals surface area contributed by atoms with Crippen LogP contribution in [0.3, 0.4) is 0 Å². The van der Waals surface area contributed by atoms with E-state index < -0.39 is 54.3 Å². The van der Waals surface area contributed by atoms with Crippen LogP contribution in [0, 0.1) is 0 Å². The summed E-state index contributed by atoms with van der Waals surface area (Å²) in [4.78, 5) is 35.9. The van der Waals surface area contributed by atoms with Gasteiger partial charge in [-0.25, -0.2) is 28.1 Å². The van der Waals surface area contributed by atoms with E-state index in [2.05, 4.69) is 0 Å². The summed E-state index contributed by atoms with van der Waals surface area (Å²) in [7, 11) is 2.26. The van der Waals surface area contributed by atoms with Crippen molar-refractivity contribution in [1.82, 2.24) is 13.7 Å². The summed E-state index contributed by atoms with van der Waals surface area (Å²) in [5.41, 5.74) is -2.98. The highest BCUT2D eigenvalue weighted by molar-refractivity contribution is 4.92. The van der Waals surface area contributed by atoms with Gasteiger partial charge in [0.05, 0.1) is 6.61 Å². The van der Waals surface area contributed by atoms with Gasteiger partial charge >= 0.3 is 17.1 Å². The lowest BCUT2D eigenvalue weighted by Crippen LogP contribution is -2.62. The van der Waals surface area contributed by atoms with Gasteiger partial charge in [0.1, 0.15) is 24.4 Å². The average Bonchev–Trinajstić information content (AvgIpc) is 2.51. The lowest BCUT2D eigenvalue weighted by Gasteiger charge is -2.40. The van der Waals surface area contributed by atoms with Gasteiger partial charge in [-0.05, 0) is 0 Å². The summed E-state index contributed by atoms with van der Waals surface area (Å²) < 4.78 is 6.86.